The normalized spacial score (nSPS) is 25.3. The van der Waals surface area contributed by atoms with Crippen LogP contribution in [-0.4, -0.2) is 40.2 Å². The number of hydrogen-bond acceptors (Lipinski definition) is 4. The molecule has 3 rings (SSSR count). The maximum absolute atomic E-state index is 13.8. The second-order valence-electron chi connectivity index (χ2n) is 8.74. The van der Waals surface area contributed by atoms with Crippen molar-refractivity contribution in [2.24, 2.45) is 11.0 Å². The van der Waals surface area contributed by atoms with Crippen molar-refractivity contribution in [1.29, 1.82) is 0 Å². The lowest BCUT2D eigenvalue weighted by Gasteiger charge is -2.37. The van der Waals surface area contributed by atoms with Crippen LogP contribution in [0, 0.1) is 5.92 Å². The summed E-state index contributed by atoms with van der Waals surface area (Å²) in [7, 11) is 0. The maximum Gasteiger partial charge on any atom is 0.439 e. The lowest BCUT2D eigenvalue weighted by molar-refractivity contribution is -0.317. The number of carbonyl (C=O) groups excluding carboxylic acids is 1. The van der Waals surface area contributed by atoms with E-state index in [1.807, 2.05) is 12.1 Å². The summed E-state index contributed by atoms with van der Waals surface area (Å²) in [6.07, 6.45) is -2.49. The summed E-state index contributed by atoms with van der Waals surface area (Å²) in [6.45, 7) is 5.52. The minimum atomic E-state index is -5.02. The van der Waals surface area contributed by atoms with Crippen molar-refractivity contribution in [2.75, 3.05) is 6.61 Å². The first-order valence-corrected chi connectivity index (χ1v) is 9.87. The summed E-state index contributed by atoms with van der Waals surface area (Å²) in [5.41, 5.74) is -2.07. The van der Waals surface area contributed by atoms with Gasteiger partial charge in [-0.3, -0.25) is 4.79 Å². The zero-order valence-corrected chi connectivity index (χ0v) is 16.9. The molecule has 0 radical (unpaired) electrons. The minimum absolute atomic E-state index is 0.0573. The molecular formula is C21H27F3N2O3. The van der Waals surface area contributed by atoms with E-state index in [1.165, 1.54) is 0 Å². The van der Waals surface area contributed by atoms with Gasteiger partial charge in [0.1, 0.15) is 5.75 Å². The summed E-state index contributed by atoms with van der Waals surface area (Å²) in [6, 6.07) is 7.03. The monoisotopic (exact) mass is 412 g/mol. The van der Waals surface area contributed by atoms with Crippen LogP contribution >= 0.6 is 0 Å². The third kappa shape index (κ3) is 4.13. The van der Waals surface area contributed by atoms with E-state index in [1.54, 1.807) is 12.1 Å². The van der Waals surface area contributed by atoms with Crippen LogP contribution in [0.1, 0.15) is 58.4 Å². The Hall–Kier alpha value is -2.09. The highest BCUT2D eigenvalue weighted by Gasteiger charge is 2.68. The molecule has 160 valence electrons. The van der Waals surface area contributed by atoms with Crippen LogP contribution in [-0.2, 0) is 10.2 Å². The number of hydrazone groups is 1. The summed E-state index contributed by atoms with van der Waals surface area (Å²) in [5, 5.41) is 14.7. The SMILES string of the molecule is CC(C)(C)c1ccc(OCC(=O)N2N=C3CCCCCC3C2(O)C(F)(F)F)cc1. The second-order valence-corrected chi connectivity index (χ2v) is 8.74. The van der Waals surface area contributed by atoms with Gasteiger partial charge >= 0.3 is 6.18 Å². The minimum Gasteiger partial charge on any atom is -0.484 e. The average Bonchev–Trinajstić information content (AvgIpc) is 2.79. The number of halogens is 3. The molecule has 0 spiro atoms. The van der Waals surface area contributed by atoms with Crippen molar-refractivity contribution in [2.45, 2.75) is 70.2 Å². The summed E-state index contributed by atoms with van der Waals surface area (Å²) >= 11 is 0. The summed E-state index contributed by atoms with van der Waals surface area (Å²) < 4.78 is 46.9. The first-order chi connectivity index (χ1) is 13.4. The Morgan fingerprint density at radius 1 is 1.21 bits per heavy atom. The zero-order chi connectivity index (χ0) is 21.4. The van der Waals surface area contributed by atoms with Gasteiger partial charge in [-0.2, -0.15) is 23.3 Å². The van der Waals surface area contributed by atoms with Crippen molar-refractivity contribution in [3.8, 4) is 5.75 Å². The first-order valence-electron chi connectivity index (χ1n) is 9.87. The Labute approximate surface area is 168 Å². The number of hydrogen-bond donors (Lipinski definition) is 1. The molecular weight excluding hydrogens is 385 g/mol. The van der Waals surface area contributed by atoms with E-state index in [0.29, 0.717) is 25.0 Å². The van der Waals surface area contributed by atoms with Gasteiger partial charge in [0.05, 0.1) is 5.92 Å². The number of fused-ring (bicyclic) bond motifs is 1. The lowest BCUT2D eigenvalue weighted by atomic mass is 9.87. The quantitative estimate of drug-likeness (QED) is 0.801. The molecule has 5 nitrogen and oxygen atoms in total. The molecule has 2 unspecified atom stereocenters. The number of amides is 1. The Kier molecular flexibility index (Phi) is 5.69. The molecule has 29 heavy (non-hydrogen) atoms. The predicted molar refractivity (Wildman–Crippen MR) is 102 cm³/mol. The maximum atomic E-state index is 13.8. The van der Waals surface area contributed by atoms with Crippen LogP contribution in [0.3, 0.4) is 0 Å². The molecule has 2 atom stereocenters. The van der Waals surface area contributed by atoms with Gasteiger partial charge in [0.25, 0.3) is 11.6 Å². The third-order valence-electron chi connectivity index (χ3n) is 5.60. The molecule has 1 aliphatic carbocycles. The van der Waals surface area contributed by atoms with E-state index < -0.39 is 30.3 Å². The Bertz CT molecular complexity index is 784. The highest BCUT2D eigenvalue weighted by Crippen LogP contribution is 2.47. The van der Waals surface area contributed by atoms with E-state index in [-0.39, 0.29) is 22.6 Å². The zero-order valence-electron chi connectivity index (χ0n) is 16.9. The standard InChI is InChI=1S/C21H27F3N2O3/c1-19(2,3)14-9-11-15(12-10-14)29-13-18(27)26-20(28,21(22,23)24)16-7-5-4-6-8-17(16)25-26/h9-12,16,28H,4-8,13H2,1-3H3. The fourth-order valence-corrected chi connectivity index (χ4v) is 3.90. The lowest BCUT2D eigenvalue weighted by Crippen LogP contribution is -2.61. The van der Waals surface area contributed by atoms with Crippen LogP contribution in [0.4, 0.5) is 13.2 Å². The number of ether oxygens (including phenoxy) is 1. The van der Waals surface area contributed by atoms with Gasteiger partial charge in [0, 0.05) is 5.71 Å². The first kappa shape index (κ1) is 21.6. The van der Waals surface area contributed by atoms with Gasteiger partial charge in [-0.15, -0.1) is 0 Å². The molecule has 0 bridgehead atoms. The topological polar surface area (TPSA) is 62.1 Å². The van der Waals surface area contributed by atoms with Crippen LogP contribution < -0.4 is 4.74 Å². The Balaban J connectivity index is 1.76. The third-order valence-corrected chi connectivity index (χ3v) is 5.60. The average molecular weight is 412 g/mol. The van der Waals surface area contributed by atoms with Gasteiger partial charge < -0.3 is 9.84 Å². The molecule has 1 aromatic carbocycles. The second kappa shape index (κ2) is 7.63. The van der Waals surface area contributed by atoms with E-state index in [2.05, 4.69) is 25.9 Å². The Morgan fingerprint density at radius 3 is 2.45 bits per heavy atom. The predicted octanol–water partition coefficient (Wildman–Crippen LogP) is 4.39. The molecule has 1 aliphatic heterocycles. The van der Waals surface area contributed by atoms with Crippen molar-refractivity contribution < 1.29 is 27.8 Å². The van der Waals surface area contributed by atoms with E-state index >= 15 is 0 Å². The van der Waals surface area contributed by atoms with Gasteiger partial charge in [0.2, 0.25) is 0 Å². The number of alkyl halides is 3. The molecule has 1 aromatic rings. The molecule has 0 aromatic heterocycles. The molecule has 1 amide bonds. The van der Waals surface area contributed by atoms with Crippen molar-refractivity contribution in [3.05, 3.63) is 29.8 Å². The number of aliphatic hydroxyl groups is 1. The molecule has 2 aliphatic rings. The van der Waals surface area contributed by atoms with Crippen LogP contribution in [0.2, 0.25) is 0 Å². The van der Waals surface area contributed by atoms with E-state index in [9.17, 15) is 23.1 Å². The molecule has 1 N–H and O–H groups in total. The van der Waals surface area contributed by atoms with Crippen molar-refractivity contribution in [1.82, 2.24) is 5.01 Å². The van der Waals surface area contributed by atoms with Gasteiger partial charge in [-0.25, -0.2) is 0 Å². The van der Waals surface area contributed by atoms with E-state index in [4.69, 9.17) is 4.74 Å². The van der Waals surface area contributed by atoms with Crippen LogP contribution in [0.5, 0.6) is 5.75 Å². The largest absolute Gasteiger partial charge is 0.484 e. The Morgan fingerprint density at radius 2 is 1.86 bits per heavy atom. The van der Waals surface area contributed by atoms with Gasteiger partial charge in [0.15, 0.2) is 6.61 Å². The number of rotatable bonds is 3. The summed E-state index contributed by atoms with van der Waals surface area (Å²) in [4.78, 5) is 12.6. The molecule has 1 fully saturated rings. The highest BCUT2D eigenvalue weighted by molar-refractivity contribution is 5.93. The van der Waals surface area contributed by atoms with Crippen molar-refractivity contribution in [3.63, 3.8) is 0 Å². The number of benzene rings is 1. The number of nitrogens with zero attached hydrogens (tertiary/aromatic N) is 2. The smallest absolute Gasteiger partial charge is 0.439 e. The van der Waals surface area contributed by atoms with E-state index in [0.717, 1.165) is 12.0 Å². The fraction of sp³-hybridized carbons (Fsp3) is 0.619. The van der Waals surface area contributed by atoms with Crippen LogP contribution in [0.25, 0.3) is 0 Å². The molecule has 0 saturated heterocycles. The summed E-state index contributed by atoms with van der Waals surface area (Å²) in [5.74, 6) is -1.88. The molecule has 1 heterocycles. The number of carbonyl (C=O) groups is 1. The molecule has 1 saturated carbocycles. The fourth-order valence-electron chi connectivity index (χ4n) is 3.90. The highest BCUT2D eigenvalue weighted by atomic mass is 19.4. The van der Waals surface area contributed by atoms with Gasteiger partial charge in [-0.1, -0.05) is 45.7 Å². The molecule has 8 heteroatoms. The van der Waals surface area contributed by atoms with Crippen molar-refractivity contribution >= 4 is 11.6 Å². The van der Waals surface area contributed by atoms with Gasteiger partial charge in [-0.05, 0) is 42.4 Å². The van der Waals surface area contributed by atoms with Crippen LogP contribution in [0.15, 0.2) is 29.4 Å².